The summed E-state index contributed by atoms with van der Waals surface area (Å²) in [6, 6.07) is 10.1. The van der Waals surface area contributed by atoms with Crippen LogP contribution in [-0.2, 0) is 9.59 Å². The molecule has 0 heterocycles. The van der Waals surface area contributed by atoms with Crippen molar-refractivity contribution < 1.29 is 18.9 Å². The maximum atomic E-state index is 13.4. The Bertz CT molecular complexity index is 907. The number of halogens is 2. The largest absolute Gasteiger partial charge is 0.288 e. The normalized spacial score (nSPS) is 10.6. The van der Waals surface area contributed by atoms with E-state index in [4.69, 9.17) is 11.6 Å². The van der Waals surface area contributed by atoms with Gasteiger partial charge in [0.1, 0.15) is 10.8 Å². The maximum Gasteiger partial charge on any atom is 0.288 e. The fourth-order valence-electron chi connectivity index (χ4n) is 1.86. The van der Waals surface area contributed by atoms with Crippen LogP contribution in [0.3, 0.4) is 0 Å². The molecular weight excluding hydrogens is 397 g/mol. The van der Waals surface area contributed by atoms with Gasteiger partial charge in [0.05, 0.1) is 10.7 Å². The Morgan fingerprint density at radius 2 is 1.96 bits per heavy atom. The zero-order valence-electron chi connectivity index (χ0n) is 13.6. The summed E-state index contributed by atoms with van der Waals surface area (Å²) in [5, 5.41) is 10.8. The lowest BCUT2D eigenvalue weighted by molar-refractivity contribution is -0.384. The Hall–Kier alpha value is -2.91. The molecule has 0 spiro atoms. The number of benzene rings is 2. The van der Waals surface area contributed by atoms with E-state index >= 15 is 0 Å². The van der Waals surface area contributed by atoms with Gasteiger partial charge in [0.2, 0.25) is 5.91 Å². The summed E-state index contributed by atoms with van der Waals surface area (Å²) in [7, 11) is 0. The molecule has 2 aromatic rings. The second-order valence-electron chi connectivity index (χ2n) is 5.06. The fourth-order valence-corrected chi connectivity index (χ4v) is 2.79. The number of hydrogen-bond acceptors (Lipinski definition) is 5. The van der Waals surface area contributed by atoms with Crippen molar-refractivity contribution in [3.8, 4) is 0 Å². The van der Waals surface area contributed by atoms with Gasteiger partial charge in [-0.3, -0.25) is 30.6 Å². The van der Waals surface area contributed by atoms with E-state index in [2.05, 4.69) is 10.9 Å². The molecule has 0 saturated heterocycles. The molecule has 0 aliphatic heterocycles. The van der Waals surface area contributed by atoms with Crippen molar-refractivity contribution in [3.63, 3.8) is 0 Å². The topological polar surface area (TPSA) is 101 Å². The van der Waals surface area contributed by atoms with Gasteiger partial charge in [-0.15, -0.1) is 11.8 Å². The lowest BCUT2D eigenvalue weighted by atomic mass is 10.2. The Kier molecular flexibility index (Phi) is 7.33. The summed E-state index contributed by atoms with van der Waals surface area (Å²) in [6.45, 7) is 0. The van der Waals surface area contributed by atoms with E-state index in [1.54, 1.807) is 18.2 Å². The quantitative estimate of drug-likeness (QED) is 0.330. The number of nitrogens with one attached hydrogen (secondary N) is 2. The third kappa shape index (κ3) is 6.39. The Morgan fingerprint density at radius 3 is 2.67 bits per heavy atom. The molecule has 140 valence electrons. The standard InChI is InChI=1S/C17H13ClFN3O4S/c18-12-7-5-11(9-14(12)22(25)26)6-8-16(23)20-21-17(24)10-27-15-4-2-1-3-13(15)19/h1-9H,10H2,(H,20,23)(H,21,24)/b8-6+. The van der Waals surface area contributed by atoms with Gasteiger partial charge in [0.15, 0.2) is 0 Å². The second-order valence-corrected chi connectivity index (χ2v) is 6.48. The van der Waals surface area contributed by atoms with E-state index in [1.165, 1.54) is 30.3 Å². The van der Waals surface area contributed by atoms with Crippen molar-refractivity contribution in [3.05, 3.63) is 75.1 Å². The molecule has 2 aromatic carbocycles. The fraction of sp³-hybridized carbons (Fsp3) is 0.0588. The average molecular weight is 410 g/mol. The molecule has 0 aromatic heterocycles. The molecule has 7 nitrogen and oxygen atoms in total. The van der Waals surface area contributed by atoms with Crippen molar-refractivity contribution in [2.75, 3.05) is 5.75 Å². The van der Waals surface area contributed by atoms with Gasteiger partial charge in [-0.05, 0) is 29.8 Å². The Balaban J connectivity index is 1.82. The first-order chi connectivity index (χ1) is 12.9. The van der Waals surface area contributed by atoms with E-state index in [-0.39, 0.29) is 16.5 Å². The molecule has 2 rings (SSSR count). The van der Waals surface area contributed by atoms with E-state index in [0.29, 0.717) is 10.5 Å². The second kappa shape index (κ2) is 9.70. The van der Waals surface area contributed by atoms with E-state index < -0.39 is 22.6 Å². The zero-order valence-corrected chi connectivity index (χ0v) is 15.2. The molecule has 0 bridgehead atoms. The van der Waals surface area contributed by atoms with Crippen molar-refractivity contribution in [2.45, 2.75) is 4.90 Å². The number of carbonyl (C=O) groups excluding carboxylic acids is 2. The maximum absolute atomic E-state index is 13.4. The van der Waals surface area contributed by atoms with Gasteiger partial charge in [0, 0.05) is 17.0 Å². The summed E-state index contributed by atoms with van der Waals surface area (Å²) >= 11 is 6.69. The van der Waals surface area contributed by atoms with Crippen LogP contribution >= 0.6 is 23.4 Å². The van der Waals surface area contributed by atoms with Crippen LogP contribution in [0.15, 0.2) is 53.4 Å². The number of nitro groups is 1. The minimum atomic E-state index is -0.642. The highest BCUT2D eigenvalue weighted by Gasteiger charge is 2.12. The van der Waals surface area contributed by atoms with Crippen molar-refractivity contribution in [1.82, 2.24) is 10.9 Å². The third-order valence-electron chi connectivity index (χ3n) is 3.11. The molecule has 2 N–H and O–H groups in total. The van der Waals surface area contributed by atoms with Gasteiger partial charge in [-0.2, -0.15) is 0 Å². The van der Waals surface area contributed by atoms with Crippen LogP contribution in [0.4, 0.5) is 10.1 Å². The molecule has 10 heteroatoms. The minimum absolute atomic E-state index is 0.0128. The molecule has 0 fully saturated rings. The minimum Gasteiger partial charge on any atom is -0.272 e. The number of amides is 2. The number of carbonyl (C=O) groups is 2. The zero-order chi connectivity index (χ0) is 19.8. The van der Waals surface area contributed by atoms with E-state index in [1.807, 2.05) is 0 Å². The van der Waals surface area contributed by atoms with Crippen LogP contribution in [0.25, 0.3) is 6.08 Å². The van der Waals surface area contributed by atoms with Gasteiger partial charge < -0.3 is 0 Å². The molecule has 0 radical (unpaired) electrons. The van der Waals surface area contributed by atoms with Crippen LogP contribution < -0.4 is 10.9 Å². The molecule has 2 amide bonds. The number of rotatable bonds is 6. The van der Waals surface area contributed by atoms with Crippen molar-refractivity contribution in [2.24, 2.45) is 0 Å². The van der Waals surface area contributed by atoms with Crippen LogP contribution in [0, 0.1) is 15.9 Å². The number of hydrogen-bond donors (Lipinski definition) is 2. The first kappa shape index (κ1) is 20.4. The monoisotopic (exact) mass is 409 g/mol. The molecular formula is C17H13ClFN3O4S. The van der Waals surface area contributed by atoms with Gasteiger partial charge in [-0.25, -0.2) is 4.39 Å². The predicted octanol–water partition coefficient (Wildman–Crippen LogP) is 3.34. The summed E-state index contributed by atoms with van der Waals surface area (Å²) in [4.78, 5) is 33.9. The molecule has 0 atom stereocenters. The predicted molar refractivity (Wildman–Crippen MR) is 101 cm³/mol. The molecule has 0 aliphatic rings. The summed E-state index contributed by atoms with van der Waals surface area (Å²) in [5.41, 5.74) is 4.46. The van der Waals surface area contributed by atoms with Crippen LogP contribution in [0.5, 0.6) is 0 Å². The highest BCUT2D eigenvalue weighted by molar-refractivity contribution is 8.00. The lowest BCUT2D eigenvalue weighted by Crippen LogP contribution is -2.41. The number of nitro benzene ring substituents is 1. The van der Waals surface area contributed by atoms with Crippen LogP contribution in [0.1, 0.15) is 5.56 Å². The third-order valence-corrected chi connectivity index (χ3v) is 4.48. The molecule has 0 unspecified atom stereocenters. The summed E-state index contributed by atoms with van der Waals surface area (Å²) in [5.74, 6) is -1.68. The Morgan fingerprint density at radius 1 is 1.22 bits per heavy atom. The van der Waals surface area contributed by atoms with Crippen LogP contribution in [-0.4, -0.2) is 22.5 Å². The van der Waals surface area contributed by atoms with E-state index in [0.717, 1.165) is 17.8 Å². The van der Waals surface area contributed by atoms with E-state index in [9.17, 15) is 24.1 Å². The molecule has 27 heavy (non-hydrogen) atoms. The molecule has 0 aliphatic carbocycles. The first-order valence-electron chi connectivity index (χ1n) is 7.45. The average Bonchev–Trinajstić information content (AvgIpc) is 2.64. The number of thioether (sulfide) groups is 1. The Labute approximate surface area is 162 Å². The highest BCUT2D eigenvalue weighted by Crippen LogP contribution is 2.25. The highest BCUT2D eigenvalue weighted by atomic mass is 35.5. The van der Waals surface area contributed by atoms with Crippen molar-refractivity contribution in [1.29, 1.82) is 0 Å². The van der Waals surface area contributed by atoms with Gasteiger partial charge in [-0.1, -0.05) is 29.8 Å². The number of nitrogens with zero attached hydrogens (tertiary/aromatic N) is 1. The number of hydrazine groups is 1. The lowest BCUT2D eigenvalue weighted by Gasteiger charge is -2.05. The van der Waals surface area contributed by atoms with Gasteiger partial charge in [0.25, 0.3) is 11.6 Å². The van der Waals surface area contributed by atoms with Crippen LogP contribution in [0.2, 0.25) is 5.02 Å². The summed E-state index contributed by atoms with van der Waals surface area (Å²) < 4.78 is 13.4. The smallest absolute Gasteiger partial charge is 0.272 e. The first-order valence-corrected chi connectivity index (χ1v) is 8.81. The summed E-state index contributed by atoms with van der Waals surface area (Å²) in [6.07, 6.45) is 2.43. The van der Waals surface area contributed by atoms with Crippen molar-refractivity contribution >= 4 is 46.9 Å². The van der Waals surface area contributed by atoms with Gasteiger partial charge >= 0.3 is 0 Å². The molecule has 0 saturated carbocycles. The SMILES string of the molecule is O=C(/C=C/c1ccc(Cl)c([N+](=O)[O-])c1)NNC(=O)CSc1ccccc1F.